The summed E-state index contributed by atoms with van der Waals surface area (Å²) in [5, 5.41) is 8.71. The molecule has 21 heavy (non-hydrogen) atoms. The van der Waals surface area contributed by atoms with E-state index in [2.05, 4.69) is 0 Å². The molecular weight excluding hydrogens is 323 g/mol. The van der Waals surface area contributed by atoms with Crippen LogP contribution in [-0.2, 0) is 14.6 Å². The Hall–Kier alpha value is -1.18. The number of sulfone groups is 1. The Morgan fingerprint density at radius 2 is 2.00 bits per heavy atom. The van der Waals surface area contributed by atoms with Crippen LogP contribution in [0.2, 0.25) is 5.02 Å². The number of hydrogen-bond acceptors (Lipinski definition) is 4. The summed E-state index contributed by atoms with van der Waals surface area (Å²) in [5.41, 5.74) is -1.47. The first-order valence-electron chi connectivity index (χ1n) is 6.00. The van der Waals surface area contributed by atoms with Gasteiger partial charge >= 0.3 is 5.97 Å². The van der Waals surface area contributed by atoms with E-state index in [1.165, 1.54) is 7.11 Å². The summed E-state index contributed by atoms with van der Waals surface area (Å²) in [7, 11) is -2.58. The van der Waals surface area contributed by atoms with Crippen molar-refractivity contribution in [3.8, 4) is 0 Å². The fourth-order valence-corrected chi connectivity index (χ4v) is 3.49. The van der Waals surface area contributed by atoms with Gasteiger partial charge in [0.25, 0.3) is 0 Å². The number of benzene rings is 1. The molecule has 8 heteroatoms. The van der Waals surface area contributed by atoms with Gasteiger partial charge in [0.2, 0.25) is 0 Å². The lowest BCUT2D eigenvalue weighted by atomic mass is 10.1. The highest BCUT2D eigenvalue weighted by atomic mass is 35.5. The fourth-order valence-electron chi connectivity index (χ4n) is 1.54. The highest BCUT2D eigenvalue weighted by Gasteiger charge is 2.28. The van der Waals surface area contributed by atoms with Crippen molar-refractivity contribution in [1.82, 2.24) is 0 Å². The van der Waals surface area contributed by atoms with Gasteiger partial charge in [-0.3, -0.25) is 0 Å². The molecular formula is C13H16ClFO5S. The van der Waals surface area contributed by atoms with E-state index >= 15 is 0 Å². The lowest BCUT2D eigenvalue weighted by Crippen LogP contribution is -2.26. The van der Waals surface area contributed by atoms with E-state index in [0.717, 1.165) is 12.1 Å². The van der Waals surface area contributed by atoms with E-state index < -0.39 is 37.7 Å². The molecule has 118 valence electrons. The second kappa shape index (κ2) is 6.29. The van der Waals surface area contributed by atoms with Crippen LogP contribution in [-0.4, -0.2) is 38.0 Å². The molecule has 0 aliphatic carbocycles. The first kappa shape index (κ1) is 17.9. The van der Waals surface area contributed by atoms with E-state index in [1.807, 2.05) is 0 Å². The van der Waals surface area contributed by atoms with Crippen molar-refractivity contribution in [3.63, 3.8) is 0 Å². The highest BCUT2D eigenvalue weighted by Crippen LogP contribution is 2.26. The summed E-state index contributed by atoms with van der Waals surface area (Å²) < 4.78 is 43.5. The van der Waals surface area contributed by atoms with Gasteiger partial charge in [-0.15, -0.1) is 0 Å². The molecule has 0 spiro atoms. The summed E-state index contributed by atoms with van der Waals surface area (Å²) >= 11 is 5.67. The number of ether oxygens (including phenoxy) is 1. The molecule has 1 aromatic rings. The predicted molar refractivity (Wildman–Crippen MR) is 76.1 cm³/mol. The number of halogens is 2. The summed E-state index contributed by atoms with van der Waals surface area (Å²) in [6, 6.07) is 1.79. The third-order valence-electron chi connectivity index (χ3n) is 3.09. The Kier molecular flexibility index (Phi) is 5.35. The second-order valence-corrected chi connectivity index (χ2v) is 7.62. The topological polar surface area (TPSA) is 80.7 Å². The van der Waals surface area contributed by atoms with E-state index in [1.54, 1.807) is 13.8 Å². The van der Waals surface area contributed by atoms with Crippen molar-refractivity contribution < 1.29 is 27.4 Å². The molecule has 1 rings (SSSR count). The van der Waals surface area contributed by atoms with Gasteiger partial charge in [-0.2, -0.15) is 0 Å². The molecule has 0 radical (unpaired) electrons. The second-order valence-electron chi connectivity index (χ2n) is 5.10. The monoisotopic (exact) mass is 338 g/mol. The maximum Gasteiger partial charge on any atom is 0.338 e. The van der Waals surface area contributed by atoms with Crippen LogP contribution in [0.5, 0.6) is 0 Å². The largest absolute Gasteiger partial charge is 0.478 e. The first-order valence-corrected chi connectivity index (χ1v) is 8.03. The third-order valence-corrected chi connectivity index (χ3v) is 5.02. The van der Waals surface area contributed by atoms with E-state index in [9.17, 15) is 17.6 Å². The maximum atomic E-state index is 14.1. The molecule has 1 aromatic carbocycles. The van der Waals surface area contributed by atoms with Crippen LogP contribution in [0.15, 0.2) is 17.0 Å². The third kappa shape index (κ3) is 4.39. The Bertz CT molecular complexity index is 655. The Labute approximate surface area is 127 Å². The van der Waals surface area contributed by atoms with Crippen LogP contribution in [0.1, 0.15) is 30.6 Å². The minimum atomic E-state index is -4.02. The van der Waals surface area contributed by atoms with Crippen molar-refractivity contribution in [1.29, 1.82) is 0 Å². The standard InChI is InChI=1S/C13H16ClFO5S/c1-13(2,20-3)4-5-21(18,19)10-7-8(14)6-9(11(10)15)12(16)17/h6-7H,4-5H2,1-3H3,(H,16,17). The van der Waals surface area contributed by atoms with Crippen molar-refractivity contribution in [3.05, 3.63) is 28.5 Å². The van der Waals surface area contributed by atoms with Crippen molar-refractivity contribution >= 4 is 27.4 Å². The maximum absolute atomic E-state index is 14.1. The average Bonchev–Trinajstić information content (AvgIpc) is 2.38. The van der Waals surface area contributed by atoms with E-state index in [4.69, 9.17) is 21.4 Å². The zero-order valence-corrected chi connectivity index (χ0v) is 13.4. The molecule has 0 saturated heterocycles. The van der Waals surface area contributed by atoms with Crippen LogP contribution in [0.25, 0.3) is 0 Å². The molecule has 0 heterocycles. The summed E-state index contributed by atoms with van der Waals surface area (Å²) in [4.78, 5) is 10.2. The quantitative estimate of drug-likeness (QED) is 0.862. The SMILES string of the molecule is COC(C)(C)CCS(=O)(=O)c1cc(Cl)cc(C(=O)O)c1F. The molecule has 0 amide bonds. The number of methoxy groups -OCH3 is 1. The summed E-state index contributed by atoms with van der Waals surface area (Å²) in [5.74, 6) is -3.27. The van der Waals surface area contributed by atoms with E-state index in [-0.39, 0.29) is 17.2 Å². The van der Waals surface area contributed by atoms with Crippen LogP contribution < -0.4 is 0 Å². The molecule has 1 N–H and O–H groups in total. The van der Waals surface area contributed by atoms with Gasteiger partial charge in [-0.1, -0.05) is 11.6 Å². The fraction of sp³-hybridized carbons (Fsp3) is 0.462. The van der Waals surface area contributed by atoms with Crippen molar-refractivity contribution in [2.75, 3.05) is 12.9 Å². The van der Waals surface area contributed by atoms with Gasteiger partial charge in [-0.25, -0.2) is 17.6 Å². The Morgan fingerprint density at radius 1 is 1.43 bits per heavy atom. The predicted octanol–water partition coefficient (Wildman–Crippen LogP) is 2.77. The van der Waals surface area contributed by atoms with Crippen LogP contribution >= 0.6 is 11.6 Å². The van der Waals surface area contributed by atoms with Gasteiger partial charge in [0.15, 0.2) is 15.7 Å². The lowest BCUT2D eigenvalue weighted by Gasteiger charge is -2.22. The van der Waals surface area contributed by atoms with Gasteiger partial charge in [0.05, 0.1) is 16.9 Å². The normalized spacial score (nSPS) is 12.4. The van der Waals surface area contributed by atoms with Crippen molar-refractivity contribution in [2.45, 2.75) is 30.8 Å². The van der Waals surface area contributed by atoms with Crippen molar-refractivity contribution in [2.24, 2.45) is 0 Å². The zero-order valence-electron chi connectivity index (χ0n) is 11.8. The summed E-state index contributed by atoms with van der Waals surface area (Å²) in [6.45, 7) is 3.39. The minimum absolute atomic E-state index is 0.125. The minimum Gasteiger partial charge on any atom is -0.478 e. The highest BCUT2D eigenvalue weighted by molar-refractivity contribution is 7.91. The van der Waals surface area contributed by atoms with Crippen LogP contribution in [0, 0.1) is 5.82 Å². The van der Waals surface area contributed by atoms with Crippen LogP contribution in [0.3, 0.4) is 0 Å². The number of aromatic carboxylic acids is 1. The van der Waals surface area contributed by atoms with E-state index in [0.29, 0.717) is 0 Å². The Morgan fingerprint density at radius 3 is 2.48 bits per heavy atom. The van der Waals surface area contributed by atoms with Gasteiger partial charge in [-0.05, 0) is 32.4 Å². The zero-order chi connectivity index (χ0) is 16.4. The molecule has 5 nitrogen and oxygen atoms in total. The average molecular weight is 339 g/mol. The lowest BCUT2D eigenvalue weighted by molar-refractivity contribution is 0.0203. The number of carboxylic acids is 1. The molecule has 0 fully saturated rings. The molecule has 0 atom stereocenters. The van der Waals surface area contributed by atoms with Gasteiger partial charge in [0, 0.05) is 12.1 Å². The number of hydrogen-bond donors (Lipinski definition) is 1. The van der Waals surface area contributed by atoms with Gasteiger partial charge < -0.3 is 9.84 Å². The molecule has 0 saturated carbocycles. The van der Waals surface area contributed by atoms with Gasteiger partial charge in [0.1, 0.15) is 4.90 Å². The number of carboxylic acid groups (broad SMARTS) is 1. The Balaban J connectivity index is 3.23. The first-order chi connectivity index (χ1) is 9.50. The van der Waals surface area contributed by atoms with Crippen LogP contribution in [0.4, 0.5) is 4.39 Å². The molecule has 0 aliphatic heterocycles. The number of rotatable bonds is 6. The molecule has 0 aromatic heterocycles. The molecule has 0 unspecified atom stereocenters. The molecule has 0 aliphatic rings. The summed E-state index contributed by atoms with van der Waals surface area (Å²) in [6.07, 6.45) is 0.125. The molecule has 0 bridgehead atoms. The number of carbonyl (C=O) groups is 1. The smallest absolute Gasteiger partial charge is 0.338 e.